The van der Waals surface area contributed by atoms with Crippen LogP contribution in [0.5, 0.6) is 5.75 Å². The Hall–Kier alpha value is -3.77. The zero-order valence-electron chi connectivity index (χ0n) is 24.5. The lowest BCUT2D eigenvalue weighted by molar-refractivity contribution is -0.128. The number of aryl methyl sites for hydroxylation is 1. The number of piperazine rings is 1. The Morgan fingerprint density at radius 2 is 1.85 bits per heavy atom. The van der Waals surface area contributed by atoms with Crippen molar-refractivity contribution in [3.63, 3.8) is 0 Å². The maximum atomic E-state index is 13.7. The van der Waals surface area contributed by atoms with E-state index in [0.29, 0.717) is 54.2 Å². The van der Waals surface area contributed by atoms with Crippen LogP contribution in [0.4, 0.5) is 11.6 Å². The minimum absolute atomic E-state index is 0.0800. The van der Waals surface area contributed by atoms with Crippen molar-refractivity contribution in [3.8, 4) is 5.75 Å². The molecule has 3 heterocycles. The van der Waals surface area contributed by atoms with Crippen LogP contribution in [0.25, 0.3) is 10.9 Å². The van der Waals surface area contributed by atoms with Gasteiger partial charge in [-0.1, -0.05) is 19.2 Å². The van der Waals surface area contributed by atoms with Crippen molar-refractivity contribution in [3.05, 3.63) is 54.5 Å². The first kappa shape index (κ1) is 30.2. The molecule has 220 valence electrons. The number of nitrogens with one attached hydrogen (secondary N) is 2. The fourth-order valence-electron chi connectivity index (χ4n) is 4.47. The Balaban J connectivity index is 1.51. The third kappa shape index (κ3) is 6.43. The van der Waals surface area contributed by atoms with Gasteiger partial charge in [-0.2, -0.15) is 5.10 Å². The summed E-state index contributed by atoms with van der Waals surface area (Å²) in [6, 6.07) is 3.26. The fourth-order valence-corrected chi connectivity index (χ4v) is 5.79. The van der Waals surface area contributed by atoms with E-state index >= 15 is 0 Å². The Morgan fingerprint density at radius 3 is 2.46 bits per heavy atom. The maximum absolute atomic E-state index is 13.7. The SMILES string of the molecule is C=CC(=C)C(=O)N1CCN(CCCOc2cc3ncnc(Nc4n[nH]c(C)c4C)c3cc2S(=O)(=O)C(C)(C)C)CC1. The van der Waals surface area contributed by atoms with Gasteiger partial charge in [0.05, 0.1) is 16.9 Å². The summed E-state index contributed by atoms with van der Waals surface area (Å²) in [5.41, 5.74) is 2.82. The number of hydrogen-bond donors (Lipinski definition) is 2. The second kappa shape index (κ2) is 12.0. The molecular formula is C29H39N7O4S. The van der Waals surface area contributed by atoms with Gasteiger partial charge in [-0.3, -0.25) is 14.8 Å². The highest BCUT2D eigenvalue weighted by Gasteiger charge is 2.34. The van der Waals surface area contributed by atoms with Crippen LogP contribution >= 0.6 is 0 Å². The van der Waals surface area contributed by atoms with Crippen LogP contribution in [0.3, 0.4) is 0 Å². The fraction of sp³-hybridized carbons (Fsp3) is 0.448. The molecule has 1 fully saturated rings. The zero-order valence-corrected chi connectivity index (χ0v) is 25.3. The molecule has 0 atom stereocenters. The number of aromatic amines is 1. The third-order valence-corrected chi connectivity index (χ3v) is 9.85. The summed E-state index contributed by atoms with van der Waals surface area (Å²) in [5.74, 6) is 1.25. The first-order chi connectivity index (χ1) is 19.3. The van der Waals surface area contributed by atoms with Crippen molar-refractivity contribution in [2.24, 2.45) is 0 Å². The maximum Gasteiger partial charge on any atom is 0.253 e. The number of H-pyrrole nitrogens is 1. The van der Waals surface area contributed by atoms with Gasteiger partial charge in [0, 0.05) is 61.0 Å². The highest BCUT2D eigenvalue weighted by molar-refractivity contribution is 7.92. The third-order valence-electron chi connectivity index (χ3n) is 7.34. The van der Waals surface area contributed by atoms with Crippen LogP contribution in [-0.2, 0) is 14.6 Å². The second-order valence-electron chi connectivity index (χ2n) is 11.2. The number of carbonyl (C=O) groups is 1. The molecule has 3 aromatic rings. The molecule has 0 unspecified atom stereocenters. The van der Waals surface area contributed by atoms with Gasteiger partial charge in [0.1, 0.15) is 22.8 Å². The summed E-state index contributed by atoms with van der Waals surface area (Å²) < 4.78 is 32.4. The van der Waals surface area contributed by atoms with Crippen molar-refractivity contribution in [1.82, 2.24) is 30.0 Å². The molecule has 41 heavy (non-hydrogen) atoms. The van der Waals surface area contributed by atoms with E-state index in [1.54, 1.807) is 37.8 Å². The number of amides is 1. The number of rotatable bonds is 10. The van der Waals surface area contributed by atoms with Gasteiger partial charge < -0.3 is 15.0 Å². The largest absolute Gasteiger partial charge is 0.492 e. The molecule has 1 aliphatic rings. The highest BCUT2D eigenvalue weighted by atomic mass is 32.2. The molecule has 4 rings (SSSR count). The van der Waals surface area contributed by atoms with Crippen molar-refractivity contribution >= 4 is 38.3 Å². The van der Waals surface area contributed by atoms with Gasteiger partial charge in [0.15, 0.2) is 15.7 Å². The first-order valence-electron chi connectivity index (χ1n) is 13.6. The van der Waals surface area contributed by atoms with Crippen molar-refractivity contribution < 1.29 is 17.9 Å². The molecule has 2 aromatic heterocycles. The minimum Gasteiger partial charge on any atom is -0.492 e. The van der Waals surface area contributed by atoms with Crippen molar-refractivity contribution in [2.45, 2.75) is 50.7 Å². The van der Waals surface area contributed by atoms with E-state index in [9.17, 15) is 13.2 Å². The van der Waals surface area contributed by atoms with Gasteiger partial charge in [-0.15, -0.1) is 0 Å². The predicted molar refractivity (Wildman–Crippen MR) is 160 cm³/mol. The molecule has 11 nitrogen and oxygen atoms in total. The highest BCUT2D eigenvalue weighted by Crippen LogP contribution is 2.37. The van der Waals surface area contributed by atoms with Crippen molar-refractivity contribution in [1.29, 1.82) is 0 Å². The average Bonchev–Trinajstić information content (AvgIpc) is 3.26. The molecule has 1 saturated heterocycles. The van der Waals surface area contributed by atoms with Gasteiger partial charge in [0.25, 0.3) is 5.91 Å². The smallest absolute Gasteiger partial charge is 0.253 e. The Bertz CT molecular complexity index is 1570. The topological polar surface area (TPSA) is 133 Å². The Kier molecular flexibility index (Phi) is 8.83. The summed E-state index contributed by atoms with van der Waals surface area (Å²) in [4.78, 5) is 25.2. The van der Waals surface area contributed by atoms with Gasteiger partial charge in [-0.25, -0.2) is 18.4 Å². The van der Waals surface area contributed by atoms with Gasteiger partial charge in [-0.05, 0) is 47.1 Å². The minimum atomic E-state index is -3.77. The van der Waals surface area contributed by atoms with E-state index in [1.165, 1.54) is 12.4 Å². The number of anilines is 2. The van der Waals surface area contributed by atoms with Crippen LogP contribution in [0.1, 0.15) is 38.4 Å². The summed E-state index contributed by atoms with van der Waals surface area (Å²) in [6.45, 7) is 20.1. The van der Waals surface area contributed by atoms with Gasteiger partial charge >= 0.3 is 0 Å². The summed E-state index contributed by atoms with van der Waals surface area (Å²) in [5, 5.41) is 11.0. The molecule has 1 aliphatic heterocycles. The normalized spacial score (nSPS) is 14.7. The van der Waals surface area contributed by atoms with E-state index in [0.717, 1.165) is 30.9 Å². The molecule has 0 radical (unpaired) electrons. The van der Waals surface area contributed by atoms with E-state index in [4.69, 9.17) is 4.74 Å². The number of carbonyl (C=O) groups excluding carboxylic acids is 1. The lowest BCUT2D eigenvalue weighted by atomic mass is 10.2. The van der Waals surface area contributed by atoms with Gasteiger partial charge in [0.2, 0.25) is 0 Å². The number of benzene rings is 1. The lowest BCUT2D eigenvalue weighted by Gasteiger charge is -2.34. The average molecular weight is 582 g/mol. The van der Waals surface area contributed by atoms with Crippen LogP contribution in [0.15, 0.2) is 48.2 Å². The molecule has 0 saturated carbocycles. The van der Waals surface area contributed by atoms with E-state index < -0.39 is 14.6 Å². The second-order valence-corrected chi connectivity index (χ2v) is 13.8. The predicted octanol–water partition coefficient (Wildman–Crippen LogP) is 3.94. The lowest BCUT2D eigenvalue weighted by Crippen LogP contribution is -2.49. The molecule has 0 spiro atoms. The molecule has 0 aliphatic carbocycles. The number of nitrogens with zero attached hydrogens (tertiary/aromatic N) is 5. The van der Waals surface area contributed by atoms with E-state index in [-0.39, 0.29) is 16.6 Å². The number of aromatic nitrogens is 4. The van der Waals surface area contributed by atoms with Crippen LogP contribution in [0.2, 0.25) is 0 Å². The van der Waals surface area contributed by atoms with Crippen LogP contribution in [-0.4, -0.2) is 88.4 Å². The molecule has 12 heteroatoms. The zero-order chi connectivity index (χ0) is 29.9. The Morgan fingerprint density at radius 1 is 1.15 bits per heavy atom. The standard InChI is InChI=1S/C29H39N7O4S/c1-8-19(2)28(37)36-13-11-35(12-14-36)10-9-15-40-24-17-23-22(16-25(24)41(38,39)29(5,6)7)27(31-18-30-23)32-26-20(3)21(4)33-34-26/h8,16-18H,1-2,9-15H2,3-7H3,(H2,30,31,32,33,34). The summed E-state index contributed by atoms with van der Waals surface area (Å²) in [7, 11) is -3.77. The molecule has 2 N–H and O–H groups in total. The monoisotopic (exact) mass is 581 g/mol. The van der Waals surface area contributed by atoms with E-state index in [1.807, 2.05) is 13.8 Å². The number of fused-ring (bicyclic) bond motifs is 1. The number of hydrogen-bond acceptors (Lipinski definition) is 9. The molecular weight excluding hydrogens is 542 g/mol. The van der Waals surface area contributed by atoms with Crippen molar-refractivity contribution in [2.75, 3.05) is 44.6 Å². The molecule has 0 bridgehead atoms. The number of sulfone groups is 1. The molecule has 1 amide bonds. The number of ether oxygens (including phenoxy) is 1. The van der Waals surface area contributed by atoms with Crippen LogP contribution < -0.4 is 10.1 Å². The van der Waals surface area contributed by atoms with E-state index in [2.05, 4.69) is 43.5 Å². The summed E-state index contributed by atoms with van der Waals surface area (Å²) >= 11 is 0. The van der Waals surface area contributed by atoms with Crippen LogP contribution in [0, 0.1) is 13.8 Å². The first-order valence-corrected chi connectivity index (χ1v) is 15.1. The quantitative estimate of drug-likeness (QED) is 0.207. The molecule has 1 aromatic carbocycles. The summed E-state index contributed by atoms with van der Waals surface area (Å²) in [6.07, 6.45) is 3.60. The Labute approximate surface area is 241 Å².